The van der Waals surface area contributed by atoms with Crippen LogP contribution in [0.4, 0.5) is 0 Å². The second-order valence-electron chi connectivity index (χ2n) is 6.05. The van der Waals surface area contributed by atoms with Gasteiger partial charge in [-0.1, -0.05) is 32.4 Å². The number of benzene rings is 1. The van der Waals surface area contributed by atoms with Crippen molar-refractivity contribution >= 4 is 17.0 Å². The molecule has 114 valence electrons. The molecule has 2 unspecified atom stereocenters. The number of halogens is 1. The van der Waals surface area contributed by atoms with E-state index < -0.39 is 0 Å². The highest BCUT2D eigenvalue weighted by molar-refractivity contribution is 8.93. The Balaban J connectivity index is 0.00000200. The zero-order chi connectivity index (χ0) is 13.9. The topological polar surface area (TPSA) is 12.5 Å². The molecule has 1 aromatic rings. The molecule has 0 radical (unpaired) electrons. The van der Waals surface area contributed by atoms with Gasteiger partial charge in [-0.05, 0) is 50.0 Å². The third-order valence-electron chi connectivity index (χ3n) is 4.81. The van der Waals surface area contributed by atoms with Crippen molar-refractivity contribution in [1.29, 1.82) is 0 Å². The third-order valence-corrected chi connectivity index (χ3v) is 4.81. The SMILES string of the molecule is Br.CCCC1(c2cccc(OC)c2)CCN(C)CC1C. The lowest BCUT2D eigenvalue weighted by Crippen LogP contribution is -2.47. The van der Waals surface area contributed by atoms with Crippen LogP contribution in [0.3, 0.4) is 0 Å². The first kappa shape index (κ1) is 17.5. The predicted molar refractivity (Wildman–Crippen MR) is 91.2 cm³/mol. The van der Waals surface area contributed by atoms with E-state index in [-0.39, 0.29) is 17.0 Å². The lowest BCUT2D eigenvalue weighted by atomic mass is 9.64. The minimum absolute atomic E-state index is 0. The molecule has 1 fully saturated rings. The summed E-state index contributed by atoms with van der Waals surface area (Å²) >= 11 is 0. The lowest BCUT2D eigenvalue weighted by Gasteiger charge is -2.46. The molecule has 2 atom stereocenters. The van der Waals surface area contributed by atoms with Crippen molar-refractivity contribution in [2.75, 3.05) is 27.2 Å². The first-order valence-corrected chi connectivity index (χ1v) is 7.45. The predicted octanol–water partition coefficient (Wildman–Crippen LogP) is 4.28. The average Bonchev–Trinajstić information content (AvgIpc) is 2.42. The average molecular weight is 342 g/mol. The summed E-state index contributed by atoms with van der Waals surface area (Å²) in [5, 5.41) is 0. The third kappa shape index (κ3) is 3.37. The molecule has 0 aromatic heterocycles. The molecule has 1 saturated heterocycles. The maximum absolute atomic E-state index is 5.41. The Morgan fingerprint density at radius 3 is 2.75 bits per heavy atom. The van der Waals surface area contributed by atoms with E-state index in [1.807, 2.05) is 6.07 Å². The zero-order valence-electron chi connectivity index (χ0n) is 13.2. The van der Waals surface area contributed by atoms with Crippen LogP contribution >= 0.6 is 17.0 Å². The first-order valence-electron chi connectivity index (χ1n) is 7.45. The van der Waals surface area contributed by atoms with E-state index in [4.69, 9.17) is 4.74 Å². The van der Waals surface area contributed by atoms with Crippen LogP contribution in [0, 0.1) is 5.92 Å². The van der Waals surface area contributed by atoms with Gasteiger partial charge in [0.05, 0.1) is 7.11 Å². The van der Waals surface area contributed by atoms with Crippen molar-refractivity contribution in [2.45, 2.75) is 38.5 Å². The van der Waals surface area contributed by atoms with Gasteiger partial charge in [0.15, 0.2) is 0 Å². The summed E-state index contributed by atoms with van der Waals surface area (Å²) in [7, 11) is 3.99. The van der Waals surface area contributed by atoms with Crippen LogP contribution in [0.25, 0.3) is 0 Å². The van der Waals surface area contributed by atoms with E-state index in [0.717, 1.165) is 5.75 Å². The number of hydrogen-bond donors (Lipinski definition) is 0. The van der Waals surface area contributed by atoms with Crippen molar-refractivity contribution in [3.05, 3.63) is 29.8 Å². The van der Waals surface area contributed by atoms with Crippen LogP contribution in [0.15, 0.2) is 24.3 Å². The molecule has 0 N–H and O–H groups in total. The van der Waals surface area contributed by atoms with E-state index >= 15 is 0 Å². The van der Waals surface area contributed by atoms with Gasteiger partial charge in [0.25, 0.3) is 0 Å². The largest absolute Gasteiger partial charge is 0.497 e. The van der Waals surface area contributed by atoms with Crippen molar-refractivity contribution in [1.82, 2.24) is 4.90 Å². The highest BCUT2D eigenvalue weighted by Gasteiger charge is 2.40. The summed E-state index contributed by atoms with van der Waals surface area (Å²) in [6.45, 7) is 7.09. The molecule has 0 spiro atoms. The summed E-state index contributed by atoms with van der Waals surface area (Å²) in [6, 6.07) is 8.72. The van der Waals surface area contributed by atoms with Crippen molar-refractivity contribution in [3.63, 3.8) is 0 Å². The Labute approximate surface area is 134 Å². The fourth-order valence-electron chi connectivity index (χ4n) is 3.69. The summed E-state index contributed by atoms with van der Waals surface area (Å²) in [5.74, 6) is 1.68. The number of piperidine rings is 1. The van der Waals surface area contributed by atoms with Crippen LogP contribution < -0.4 is 4.74 Å². The molecular formula is C17H28BrNO. The molecule has 0 bridgehead atoms. The smallest absolute Gasteiger partial charge is 0.119 e. The van der Waals surface area contributed by atoms with Gasteiger partial charge in [-0.2, -0.15) is 0 Å². The number of methoxy groups -OCH3 is 1. The van der Waals surface area contributed by atoms with Crippen LogP contribution in [-0.2, 0) is 5.41 Å². The standard InChI is InChI=1S/C17H27NO.BrH/c1-5-9-17(10-11-18(3)13-14(17)2)15-7-6-8-16(12-15)19-4;/h6-8,12,14H,5,9-11,13H2,1-4H3;1H. The Morgan fingerprint density at radius 2 is 2.15 bits per heavy atom. The highest BCUT2D eigenvalue weighted by atomic mass is 79.9. The summed E-state index contributed by atoms with van der Waals surface area (Å²) in [6.07, 6.45) is 3.77. The number of ether oxygens (including phenoxy) is 1. The quantitative estimate of drug-likeness (QED) is 0.810. The van der Waals surface area contributed by atoms with Gasteiger partial charge in [0.1, 0.15) is 5.75 Å². The maximum atomic E-state index is 5.41. The second-order valence-corrected chi connectivity index (χ2v) is 6.05. The molecular weight excluding hydrogens is 314 g/mol. The molecule has 0 amide bonds. The molecule has 20 heavy (non-hydrogen) atoms. The molecule has 1 aliphatic rings. The first-order chi connectivity index (χ1) is 9.12. The fraction of sp³-hybridized carbons (Fsp3) is 0.647. The maximum Gasteiger partial charge on any atom is 0.119 e. The Kier molecular flexibility index (Phi) is 6.53. The molecule has 1 aromatic carbocycles. The summed E-state index contributed by atoms with van der Waals surface area (Å²) in [4.78, 5) is 2.46. The van der Waals surface area contributed by atoms with Crippen LogP contribution in [0.2, 0.25) is 0 Å². The molecule has 2 rings (SSSR count). The van der Waals surface area contributed by atoms with Crippen LogP contribution in [-0.4, -0.2) is 32.1 Å². The molecule has 2 nitrogen and oxygen atoms in total. The van der Waals surface area contributed by atoms with Crippen LogP contribution in [0.5, 0.6) is 5.75 Å². The normalized spacial score (nSPS) is 26.9. The Hall–Kier alpha value is -0.540. The minimum atomic E-state index is 0. The molecule has 0 saturated carbocycles. The fourth-order valence-corrected chi connectivity index (χ4v) is 3.69. The van der Waals surface area contributed by atoms with Crippen molar-refractivity contribution in [3.8, 4) is 5.75 Å². The monoisotopic (exact) mass is 341 g/mol. The van der Waals surface area contributed by atoms with Gasteiger partial charge < -0.3 is 9.64 Å². The number of likely N-dealkylation sites (tertiary alicyclic amines) is 1. The number of nitrogens with zero attached hydrogens (tertiary/aromatic N) is 1. The van der Waals surface area contributed by atoms with Crippen molar-refractivity contribution in [2.24, 2.45) is 5.92 Å². The van der Waals surface area contributed by atoms with E-state index in [1.54, 1.807) is 7.11 Å². The van der Waals surface area contributed by atoms with Gasteiger partial charge in [-0.3, -0.25) is 0 Å². The Morgan fingerprint density at radius 1 is 1.40 bits per heavy atom. The van der Waals surface area contributed by atoms with Gasteiger partial charge in [0, 0.05) is 12.0 Å². The lowest BCUT2D eigenvalue weighted by molar-refractivity contribution is 0.112. The van der Waals surface area contributed by atoms with E-state index in [1.165, 1.54) is 37.9 Å². The molecule has 1 heterocycles. The van der Waals surface area contributed by atoms with Crippen LogP contribution in [0.1, 0.15) is 38.7 Å². The molecule has 3 heteroatoms. The van der Waals surface area contributed by atoms with Gasteiger partial charge in [0.2, 0.25) is 0 Å². The molecule has 0 aliphatic carbocycles. The van der Waals surface area contributed by atoms with E-state index in [2.05, 4.69) is 44.0 Å². The zero-order valence-corrected chi connectivity index (χ0v) is 14.9. The highest BCUT2D eigenvalue weighted by Crippen LogP contribution is 2.43. The second kappa shape index (κ2) is 7.46. The molecule has 1 aliphatic heterocycles. The van der Waals surface area contributed by atoms with Crippen molar-refractivity contribution < 1.29 is 4.74 Å². The van der Waals surface area contributed by atoms with Gasteiger partial charge in [-0.25, -0.2) is 0 Å². The number of hydrogen-bond acceptors (Lipinski definition) is 2. The van der Waals surface area contributed by atoms with E-state index in [0.29, 0.717) is 11.3 Å². The van der Waals surface area contributed by atoms with E-state index in [9.17, 15) is 0 Å². The van der Waals surface area contributed by atoms with Gasteiger partial charge in [-0.15, -0.1) is 17.0 Å². The minimum Gasteiger partial charge on any atom is -0.497 e. The van der Waals surface area contributed by atoms with Gasteiger partial charge >= 0.3 is 0 Å². The summed E-state index contributed by atoms with van der Waals surface area (Å²) < 4.78 is 5.41. The summed E-state index contributed by atoms with van der Waals surface area (Å²) in [5.41, 5.74) is 1.80. The number of rotatable bonds is 4. The Bertz CT molecular complexity index is 423.